The minimum atomic E-state index is -0.525. The van der Waals surface area contributed by atoms with Crippen molar-refractivity contribution in [3.63, 3.8) is 0 Å². The fraction of sp³-hybridized carbons (Fsp3) is 0.357. The molecule has 98 valence electrons. The number of esters is 1. The topological polar surface area (TPSA) is 44.8 Å². The Morgan fingerprint density at radius 1 is 1.33 bits per heavy atom. The number of methoxy groups -OCH3 is 1. The van der Waals surface area contributed by atoms with Crippen molar-refractivity contribution in [1.82, 2.24) is 0 Å². The van der Waals surface area contributed by atoms with Crippen LogP contribution >= 0.6 is 0 Å². The molecular weight excluding hydrogens is 232 g/mol. The third-order valence-corrected chi connectivity index (χ3v) is 2.21. The zero-order chi connectivity index (χ0) is 13.4. The number of hydrogen-bond donors (Lipinski definition) is 0. The van der Waals surface area contributed by atoms with E-state index >= 15 is 0 Å². The second-order valence-corrected chi connectivity index (χ2v) is 3.57. The molecule has 0 aromatic heterocycles. The average molecular weight is 250 g/mol. The number of carbonyl (C=O) groups is 1. The lowest BCUT2D eigenvalue weighted by Gasteiger charge is -2.10. The van der Waals surface area contributed by atoms with E-state index in [4.69, 9.17) is 14.2 Å². The molecule has 1 aromatic rings. The van der Waals surface area contributed by atoms with Gasteiger partial charge in [-0.1, -0.05) is 12.1 Å². The normalized spacial score (nSPS) is 12.4. The lowest BCUT2D eigenvalue weighted by Crippen LogP contribution is -2.16. The van der Waals surface area contributed by atoms with Gasteiger partial charge in [0.2, 0.25) is 0 Å². The van der Waals surface area contributed by atoms with E-state index in [1.165, 1.54) is 6.08 Å². The molecule has 0 fully saturated rings. The summed E-state index contributed by atoms with van der Waals surface area (Å²) in [7, 11) is 1.61. The first-order valence-corrected chi connectivity index (χ1v) is 5.80. The van der Waals surface area contributed by atoms with E-state index in [1.54, 1.807) is 20.1 Å². The Hall–Kier alpha value is -1.81. The highest BCUT2D eigenvalue weighted by Crippen LogP contribution is 2.12. The van der Waals surface area contributed by atoms with Gasteiger partial charge in [0, 0.05) is 12.7 Å². The molecule has 4 heteroatoms. The summed E-state index contributed by atoms with van der Waals surface area (Å²) in [6, 6.07) is 7.37. The molecule has 1 unspecified atom stereocenters. The highest BCUT2D eigenvalue weighted by atomic mass is 16.7. The van der Waals surface area contributed by atoms with Crippen LogP contribution in [0.2, 0.25) is 0 Å². The van der Waals surface area contributed by atoms with Crippen molar-refractivity contribution < 1.29 is 19.0 Å². The Kier molecular flexibility index (Phi) is 5.94. The van der Waals surface area contributed by atoms with Crippen molar-refractivity contribution in [3.05, 3.63) is 35.9 Å². The molecule has 0 spiro atoms. The predicted molar refractivity (Wildman–Crippen MR) is 69.2 cm³/mol. The van der Waals surface area contributed by atoms with Gasteiger partial charge in [-0.25, -0.2) is 4.79 Å². The minimum Gasteiger partial charge on any atom is -0.497 e. The van der Waals surface area contributed by atoms with Crippen LogP contribution in [0, 0.1) is 0 Å². The first-order valence-electron chi connectivity index (χ1n) is 5.80. The van der Waals surface area contributed by atoms with Crippen molar-refractivity contribution in [2.75, 3.05) is 13.7 Å². The maximum Gasteiger partial charge on any atom is 0.333 e. The van der Waals surface area contributed by atoms with E-state index in [0.717, 1.165) is 11.3 Å². The number of carbonyl (C=O) groups excluding carboxylic acids is 1. The Labute approximate surface area is 107 Å². The van der Waals surface area contributed by atoms with Crippen LogP contribution in [0.1, 0.15) is 19.4 Å². The molecule has 0 aliphatic carbocycles. The van der Waals surface area contributed by atoms with Crippen LogP contribution in [0.4, 0.5) is 0 Å². The maximum atomic E-state index is 11.4. The third kappa shape index (κ3) is 5.01. The van der Waals surface area contributed by atoms with Gasteiger partial charge >= 0.3 is 5.97 Å². The molecule has 0 bridgehead atoms. The monoisotopic (exact) mass is 250 g/mol. The van der Waals surface area contributed by atoms with Crippen molar-refractivity contribution >= 4 is 12.0 Å². The van der Waals surface area contributed by atoms with Crippen LogP contribution in [0.5, 0.6) is 5.75 Å². The zero-order valence-electron chi connectivity index (χ0n) is 10.9. The molecule has 1 aromatic carbocycles. The first kappa shape index (κ1) is 14.3. The van der Waals surface area contributed by atoms with Gasteiger partial charge in [0.1, 0.15) is 5.75 Å². The highest BCUT2D eigenvalue weighted by molar-refractivity contribution is 5.87. The number of rotatable bonds is 6. The Morgan fingerprint density at radius 2 is 2.00 bits per heavy atom. The first-order chi connectivity index (χ1) is 8.65. The van der Waals surface area contributed by atoms with Crippen molar-refractivity contribution in [3.8, 4) is 5.75 Å². The summed E-state index contributed by atoms with van der Waals surface area (Å²) in [5.74, 6) is 0.353. The summed E-state index contributed by atoms with van der Waals surface area (Å²) >= 11 is 0. The molecule has 0 amide bonds. The Morgan fingerprint density at radius 3 is 2.56 bits per heavy atom. The van der Waals surface area contributed by atoms with Gasteiger partial charge in [0.05, 0.1) is 7.11 Å². The van der Waals surface area contributed by atoms with E-state index in [9.17, 15) is 4.79 Å². The lowest BCUT2D eigenvalue weighted by atomic mass is 10.2. The van der Waals surface area contributed by atoms with E-state index in [2.05, 4.69) is 0 Å². The second-order valence-electron chi connectivity index (χ2n) is 3.57. The van der Waals surface area contributed by atoms with Crippen LogP contribution in [0.15, 0.2) is 30.3 Å². The van der Waals surface area contributed by atoms with Crippen molar-refractivity contribution in [1.29, 1.82) is 0 Å². The smallest absolute Gasteiger partial charge is 0.333 e. The second kappa shape index (κ2) is 7.50. The van der Waals surface area contributed by atoms with Gasteiger partial charge in [-0.2, -0.15) is 0 Å². The van der Waals surface area contributed by atoms with E-state index in [-0.39, 0.29) is 0 Å². The lowest BCUT2D eigenvalue weighted by molar-refractivity contribution is -0.167. The van der Waals surface area contributed by atoms with E-state index in [1.807, 2.05) is 31.2 Å². The number of benzene rings is 1. The summed E-state index contributed by atoms with van der Waals surface area (Å²) < 4.78 is 15.1. The van der Waals surface area contributed by atoms with Crippen molar-refractivity contribution in [2.45, 2.75) is 20.1 Å². The maximum absolute atomic E-state index is 11.4. The molecule has 4 nitrogen and oxygen atoms in total. The quantitative estimate of drug-likeness (QED) is 0.442. The summed E-state index contributed by atoms with van der Waals surface area (Å²) in [6.07, 6.45) is 2.53. The van der Waals surface area contributed by atoms with Gasteiger partial charge in [-0.05, 0) is 37.6 Å². The van der Waals surface area contributed by atoms with Crippen LogP contribution < -0.4 is 4.74 Å². The molecule has 0 N–H and O–H groups in total. The molecule has 0 heterocycles. The van der Waals surface area contributed by atoms with Gasteiger partial charge in [-0.15, -0.1) is 0 Å². The summed E-state index contributed by atoms with van der Waals surface area (Å²) in [6.45, 7) is 4.04. The molecule has 1 atom stereocenters. The van der Waals surface area contributed by atoms with Gasteiger partial charge in [0.25, 0.3) is 0 Å². The van der Waals surface area contributed by atoms with E-state index < -0.39 is 12.3 Å². The number of hydrogen-bond acceptors (Lipinski definition) is 4. The summed E-state index contributed by atoms with van der Waals surface area (Å²) in [5, 5.41) is 0. The fourth-order valence-electron chi connectivity index (χ4n) is 1.35. The summed E-state index contributed by atoms with van der Waals surface area (Å²) in [5.41, 5.74) is 0.900. The molecule has 0 saturated carbocycles. The SMILES string of the molecule is CCOC(C)OC(=O)C=Cc1ccc(OC)cc1. The third-order valence-electron chi connectivity index (χ3n) is 2.21. The van der Waals surface area contributed by atoms with Crippen molar-refractivity contribution in [2.24, 2.45) is 0 Å². The van der Waals surface area contributed by atoms with Crippen LogP contribution in [-0.2, 0) is 14.3 Å². The molecule has 0 aliphatic rings. The highest BCUT2D eigenvalue weighted by Gasteiger charge is 2.04. The Balaban J connectivity index is 2.49. The zero-order valence-corrected chi connectivity index (χ0v) is 10.9. The van der Waals surface area contributed by atoms with Crippen LogP contribution in [0.3, 0.4) is 0 Å². The van der Waals surface area contributed by atoms with Crippen LogP contribution in [-0.4, -0.2) is 26.0 Å². The molecule has 18 heavy (non-hydrogen) atoms. The minimum absolute atomic E-state index is 0.424. The number of ether oxygens (including phenoxy) is 3. The fourth-order valence-corrected chi connectivity index (χ4v) is 1.35. The molecule has 1 rings (SSSR count). The molecule has 0 radical (unpaired) electrons. The van der Waals surface area contributed by atoms with Gasteiger partial charge in [0.15, 0.2) is 6.29 Å². The molecular formula is C14H18O4. The molecule has 0 saturated heterocycles. The summed E-state index contributed by atoms with van der Waals surface area (Å²) in [4.78, 5) is 11.4. The standard InChI is InChI=1S/C14H18O4/c1-4-17-11(2)18-14(15)10-7-12-5-8-13(16-3)9-6-12/h5-11H,4H2,1-3H3. The Bertz CT molecular complexity index is 395. The average Bonchev–Trinajstić information content (AvgIpc) is 2.37. The van der Waals surface area contributed by atoms with E-state index in [0.29, 0.717) is 6.61 Å². The van der Waals surface area contributed by atoms with Gasteiger partial charge < -0.3 is 14.2 Å². The largest absolute Gasteiger partial charge is 0.497 e. The van der Waals surface area contributed by atoms with Crippen LogP contribution in [0.25, 0.3) is 6.08 Å². The molecule has 0 aliphatic heterocycles. The van der Waals surface area contributed by atoms with Gasteiger partial charge in [-0.3, -0.25) is 0 Å². The predicted octanol–water partition coefficient (Wildman–Crippen LogP) is 2.63.